The summed E-state index contributed by atoms with van der Waals surface area (Å²) in [6, 6.07) is 7.55. The number of urea groups is 1. The van der Waals surface area contributed by atoms with Crippen molar-refractivity contribution in [2.24, 2.45) is 5.92 Å². The third kappa shape index (κ3) is 4.29. The highest BCUT2D eigenvalue weighted by Crippen LogP contribution is 2.32. The molecular formula is C18H22N4O2. The van der Waals surface area contributed by atoms with Crippen LogP contribution >= 0.6 is 0 Å². The summed E-state index contributed by atoms with van der Waals surface area (Å²) in [5.74, 6) is 0.359. The molecule has 0 radical (unpaired) electrons. The van der Waals surface area contributed by atoms with Gasteiger partial charge in [0.2, 0.25) is 0 Å². The van der Waals surface area contributed by atoms with Crippen LogP contribution < -0.4 is 10.6 Å². The largest absolute Gasteiger partial charge is 0.391 e. The van der Waals surface area contributed by atoms with Crippen LogP contribution in [-0.4, -0.2) is 33.8 Å². The molecule has 1 saturated carbocycles. The monoisotopic (exact) mass is 326 g/mol. The summed E-state index contributed by atoms with van der Waals surface area (Å²) in [5, 5.41) is 15.4. The quantitative estimate of drug-likeness (QED) is 0.760. The van der Waals surface area contributed by atoms with E-state index >= 15 is 0 Å². The Morgan fingerprint density at radius 2 is 1.88 bits per heavy atom. The molecule has 0 spiro atoms. The van der Waals surface area contributed by atoms with Gasteiger partial charge in [-0.15, -0.1) is 0 Å². The summed E-state index contributed by atoms with van der Waals surface area (Å²) < 4.78 is 0. The lowest BCUT2D eigenvalue weighted by molar-refractivity contribution is 0.149. The maximum absolute atomic E-state index is 11.9. The van der Waals surface area contributed by atoms with Crippen molar-refractivity contribution in [3.8, 4) is 11.1 Å². The van der Waals surface area contributed by atoms with Crippen LogP contribution in [0.4, 0.5) is 4.79 Å². The Morgan fingerprint density at radius 1 is 1.21 bits per heavy atom. The lowest BCUT2D eigenvalue weighted by Gasteiger charge is -2.17. The normalized spacial score (nSPS) is 16.2. The molecule has 126 valence electrons. The maximum atomic E-state index is 11.9. The average molecular weight is 326 g/mol. The molecule has 0 bridgehead atoms. The number of carbonyl (C=O) groups excluding carboxylic acids is 1. The Hall–Kier alpha value is -2.47. The molecule has 6 heteroatoms. The highest BCUT2D eigenvalue weighted by molar-refractivity contribution is 5.74. The first-order chi connectivity index (χ1) is 11.6. The highest BCUT2D eigenvalue weighted by atomic mass is 16.3. The topological polar surface area (TPSA) is 87.1 Å². The minimum atomic E-state index is -0.432. The molecule has 2 aromatic rings. The van der Waals surface area contributed by atoms with Crippen LogP contribution in [0.2, 0.25) is 0 Å². The van der Waals surface area contributed by atoms with Crippen molar-refractivity contribution < 1.29 is 9.90 Å². The van der Waals surface area contributed by atoms with Gasteiger partial charge < -0.3 is 15.7 Å². The molecule has 3 N–H and O–H groups in total. The van der Waals surface area contributed by atoms with Crippen LogP contribution in [-0.2, 0) is 0 Å². The van der Waals surface area contributed by atoms with Gasteiger partial charge in [-0.2, -0.15) is 0 Å². The van der Waals surface area contributed by atoms with Crippen molar-refractivity contribution in [2.75, 3.05) is 6.54 Å². The number of carbonyl (C=O) groups is 1. The van der Waals surface area contributed by atoms with Crippen LogP contribution in [0.3, 0.4) is 0 Å². The molecule has 0 unspecified atom stereocenters. The Bertz CT molecular complexity index is 671. The fourth-order valence-electron chi connectivity index (χ4n) is 2.59. The minimum absolute atomic E-state index is 0.121. The van der Waals surface area contributed by atoms with E-state index in [9.17, 15) is 9.90 Å². The molecule has 1 heterocycles. The molecular weight excluding hydrogens is 304 g/mol. The summed E-state index contributed by atoms with van der Waals surface area (Å²) in [6.07, 6.45) is 6.71. The van der Waals surface area contributed by atoms with Gasteiger partial charge in [-0.25, -0.2) is 14.8 Å². The number of hydrogen-bond donors (Lipinski definition) is 3. The van der Waals surface area contributed by atoms with E-state index in [0.717, 1.165) is 29.5 Å². The Labute approximate surface area is 141 Å². The van der Waals surface area contributed by atoms with Crippen LogP contribution in [0.1, 0.15) is 31.4 Å². The highest BCUT2D eigenvalue weighted by Gasteiger charge is 2.29. The van der Waals surface area contributed by atoms with E-state index in [1.807, 2.05) is 31.2 Å². The van der Waals surface area contributed by atoms with Gasteiger partial charge in [0.15, 0.2) is 0 Å². The smallest absolute Gasteiger partial charge is 0.315 e. The fourth-order valence-corrected chi connectivity index (χ4v) is 2.59. The van der Waals surface area contributed by atoms with Crippen LogP contribution in [0.5, 0.6) is 0 Å². The summed E-state index contributed by atoms with van der Waals surface area (Å²) in [7, 11) is 0. The first-order valence-corrected chi connectivity index (χ1v) is 8.21. The Kier molecular flexibility index (Phi) is 5.05. The molecule has 1 fully saturated rings. The van der Waals surface area contributed by atoms with Crippen molar-refractivity contribution in [3.63, 3.8) is 0 Å². The molecule has 2 amide bonds. The average Bonchev–Trinajstić information content (AvgIpc) is 3.46. The second kappa shape index (κ2) is 7.40. The fraction of sp³-hybridized carbons (Fsp3) is 0.389. The number of benzene rings is 1. The zero-order valence-electron chi connectivity index (χ0n) is 13.6. The number of aromatic nitrogens is 2. The summed E-state index contributed by atoms with van der Waals surface area (Å²) >= 11 is 0. The molecule has 3 rings (SSSR count). The third-order valence-electron chi connectivity index (χ3n) is 4.29. The van der Waals surface area contributed by atoms with E-state index in [-0.39, 0.29) is 12.1 Å². The summed E-state index contributed by atoms with van der Waals surface area (Å²) in [4.78, 5) is 19.9. The molecule has 24 heavy (non-hydrogen) atoms. The molecule has 1 aromatic heterocycles. The van der Waals surface area contributed by atoms with E-state index in [0.29, 0.717) is 12.5 Å². The van der Waals surface area contributed by atoms with Gasteiger partial charge in [-0.05, 0) is 36.8 Å². The third-order valence-corrected chi connectivity index (χ3v) is 4.29. The second-order valence-corrected chi connectivity index (χ2v) is 6.23. The number of hydrogen-bond acceptors (Lipinski definition) is 4. The molecule has 1 aliphatic carbocycles. The molecule has 1 aromatic carbocycles. The number of aliphatic hydroxyl groups excluding tert-OH is 1. The van der Waals surface area contributed by atoms with Gasteiger partial charge in [0.05, 0.1) is 12.1 Å². The van der Waals surface area contributed by atoms with Crippen molar-refractivity contribution in [1.82, 2.24) is 20.6 Å². The number of nitrogens with zero attached hydrogens (tertiary/aromatic N) is 2. The lowest BCUT2D eigenvalue weighted by Crippen LogP contribution is -2.41. The second-order valence-electron chi connectivity index (χ2n) is 6.23. The number of aliphatic hydroxyl groups is 1. The number of rotatable bonds is 6. The molecule has 0 saturated heterocycles. The summed E-state index contributed by atoms with van der Waals surface area (Å²) in [5.41, 5.74) is 2.99. The Balaban J connectivity index is 1.52. The van der Waals surface area contributed by atoms with E-state index in [2.05, 4.69) is 20.6 Å². The van der Waals surface area contributed by atoms with E-state index in [1.54, 1.807) is 12.4 Å². The molecule has 6 nitrogen and oxygen atoms in total. The minimum Gasteiger partial charge on any atom is -0.391 e. The van der Waals surface area contributed by atoms with Crippen molar-refractivity contribution in [2.45, 2.75) is 31.9 Å². The molecule has 1 aliphatic rings. The standard InChI is InChI=1S/C18H22N4O2/c1-12(22-18(24)21-10-17(23)15-6-7-15)13-2-4-14(5-3-13)16-8-19-11-20-9-16/h2-5,8-9,11-12,15,17,23H,6-7,10H2,1H3,(H2,21,22,24)/t12-,17-/m1/s1. The zero-order valence-corrected chi connectivity index (χ0v) is 13.6. The maximum Gasteiger partial charge on any atom is 0.315 e. The van der Waals surface area contributed by atoms with Gasteiger partial charge in [0.1, 0.15) is 6.33 Å². The van der Waals surface area contributed by atoms with Crippen LogP contribution in [0.15, 0.2) is 43.0 Å². The van der Waals surface area contributed by atoms with Gasteiger partial charge >= 0.3 is 6.03 Å². The predicted octanol–water partition coefficient (Wildman–Crippen LogP) is 2.27. The van der Waals surface area contributed by atoms with Crippen molar-refractivity contribution >= 4 is 6.03 Å². The SMILES string of the molecule is C[C@@H](NC(=O)NC[C@@H](O)C1CC1)c1ccc(-c2cncnc2)cc1. The predicted molar refractivity (Wildman–Crippen MR) is 91.1 cm³/mol. The zero-order chi connectivity index (χ0) is 16.9. The van der Waals surface area contributed by atoms with Gasteiger partial charge in [-0.1, -0.05) is 24.3 Å². The lowest BCUT2D eigenvalue weighted by atomic mass is 10.0. The molecule has 2 atom stereocenters. The Morgan fingerprint density at radius 3 is 2.50 bits per heavy atom. The van der Waals surface area contributed by atoms with Crippen LogP contribution in [0.25, 0.3) is 11.1 Å². The van der Waals surface area contributed by atoms with Gasteiger partial charge in [0, 0.05) is 24.5 Å². The first-order valence-electron chi connectivity index (χ1n) is 8.21. The molecule has 0 aliphatic heterocycles. The van der Waals surface area contributed by atoms with Crippen LogP contribution in [0, 0.1) is 5.92 Å². The van der Waals surface area contributed by atoms with Crippen molar-refractivity contribution in [1.29, 1.82) is 0 Å². The van der Waals surface area contributed by atoms with Gasteiger partial charge in [-0.3, -0.25) is 0 Å². The number of nitrogens with one attached hydrogen (secondary N) is 2. The summed E-state index contributed by atoms with van der Waals surface area (Å²) in [6.45, 7) is 2.23. The van der Waals surface area contributed by atoms with E-state index in [1.165, 1.54) is 6.33 Å². The van der Waals surface area contributed by atoms with E-state index < -0.39 is 6.10 Å². The number of amides is 2. The first kappa shape index (κ1) is 16.4. The van der Waals surface area contributed by atoms with Crippen molar-refractivity contribution in [3.05, 3.63) is 48.5 Å². The van der Waals surface area contributed by atoms with E-state index in [4.69, 9.17) is 0 Å². The van der Waals surface area contributed by atoms with Gasteiger partial charge in [0.25, 0.3) is 0 Å².